The second-order valence-corrected chi connectivity index (χ2v) is 6.04. The van der Waals surface area contributed by atoms with E-state index in [2.05, 4.69) is 10.3 Å². The molecule has 0 spiro atoms. The molecule has 5 nitrogen and oxygen atoms in total. The van der Waals surface area contributed by atoms with Crippen molar-refractivity contribution < 1.29 is 13.6 Å². The number of benzene rings is 1. The van der Waals surface area contributed by atoms with E-state index in [1.54, 1.807) is 23.2 Å². The molecule has 1 fully saturated rings. The van der Waals surface area contributed by atoms with Crippen LogP contribution < -0.4 is 10.2 Å². The van der Waals surface area contributed by atoms with Crippen LogP contribution in [0.2, 0.25) is 5.02 Å². The fourth-order valence-corrected chi connectivity index (χ4v) is 2.89. The third-order valence-electron chi connectivity index (χ3n) is 4.02. The first-order chi connectivity index (χ1) is 12.0. The van der Waals surface area contributed by atoms with Gasteiger partial charge in [0, 0.05) is 43.6 Å². The van der Waals surface area contributed by atoms with Crippen molar-refractivity contribution in [3.63, 3.8) is 0 Å². The minimum Gasteiger partial charge on any atom is -0.352 e. The number of urea groups is 1. The summed E-state index contributed by atoms with van der Waals surface area (Å²) < 4.78 is 25.1. The first kappa shape index (κ1) is 17.4. The smallest absolute Gasteiger partial charge is 0.321 e. The van der Waals surface area contributed by atoms with Gasteiger partial charge in [-0.1, -0.05) is 23.7 Å². The zero-order chi connectivity index (χ0) is 17.8. The average molecular weight is 367 g/mol. The summed E-state index contributed by atoms with van der Waals surface area (Å²) in [6.07, 6.45) is -0.833. The summed E-state index contributed by atoms with van der Waals surface area (Å²) in [6.45, 7) is 2.28. The van der Waals surface area contributed by atoms with Crippen LogP contribution >= 0.6 is 11.6 Å². The number of piperazine rings is 1. The molecule has 25 heavy (non-hydrogen) atoms. The first-order valence-electron chi connectivity index (χ1n) is 7.84. The molecule has 2 amide bonds. The van der Waals surface area contributed by atoms with Gasteiger partial charge in [0.1, 0.15) is 5.82 Å². The number of carbonyl (C=O) groups excluding carboxylic acids is 1. The maximum absolute atomic E-state index is 12.5. The van der Waals surface area contributed by atoms with Crippen LogP contribution in [0.3, 0.4) is 0 Å². The zero-order valence-electron chi connectivity index (χ0n) is 13.3. The van der Waals surface area contributed by atoms with Crippen LogP contribution in [-0.4, -0.2) is 42.1 Å². The molecule has 8 heteroatoms. The Labute approximate surface area is 149 Å². The third-order valence-corrected chi connectivity index (χ3v) is 4.31. The van der Waals surface area contributed by atoms with E-state index in [-0.39, 0.29) is 11.6 Å². The summed E-state index contributed by atoms with van der Waals surface area (Å²) in [6, 6.07) is 8.87. The van der Waals surface area contributed by atoms with E-state index in [4.69, 9.17) is 11.6 Å². The van der Waals surface area contributed by atoms with E-state index in [1.165, 1.54) is 24.3 Å². The summed E-state index contributed by atoms with van der Waals surface area (Å²) >= 11 is 6.15. The van der Waals surface area contributed by atoms with Gasteiger partial charge in [-0.15, -0.1) is 0 Å². The lowest BCUT2D eigenvalue weighted by Crippen LogP contribution is -2.50. The largest absolute Gasteiger partial charge is 0.352 e. The highest BCUT2D eigenvalue weighted by atomic mass is 35.5. The van der Waals surface area contributed by atoms with Gasteiger partial charge in [0.15, 0.2) is 0 Å². The Morgan fingerprint density at radius 1 is 1.12 bits per heavy atom. The summed E-state index contributed by atoms with van der Waals surface area (Å²) in [5.74, 6) is 0.715. The number of alkyl halides is 2. The second kappa shape index (κ2) is 7.65. The standard InChI is InChI=1S/C17H17ClF2N4O/c18-14-2-1-7-21-16(14)23-8-10-24(11-9-23)17(25)22-13-5-3-12(4-6-13)15(19)20/h1-7,15H,8-11H2,(H,22,25). The molecule has 0 radical (unpaired) electrons. The normalized spacial score (nSPS) is 14.7. The third kappa shape index (κ3) is 4.17. The van der Waals surface area contributed by atoms with Gasteiger partial charge >= 0.3 is 6.03 Å². The van der Waals surface area contributed by atoms with Crippen LogP contribution in [0.25, 0.3) is 0 Å². The lowest BCUT2D eigenvalue weighted by molar-refractivity contribution is 0.151. The molecule has 3 rings (SSSR count). The first-order valence-corrected chi connectivity index (χ1v) is 8.22. The van der Waals surface area contributed by atoms with Crippen LogP contribution in [0.1, 0.15) is 12.0 Å². The number of rotatable bonds is 3. The van der Waals surface area contributed by atoms with E-state index < -0.39 is 6.43 Å². The molecule has 1 saturated heterocycles. The van der Waals surface area contributed by atoms with Crippen molar-refractivity contribution in [1.82, 2.24) is 9.88 Å². The molecular weight excluding hydrogens is 350 g/mol. The van der Waals surface area contributed by atoms with Gasteiger partial charge in [-0.2, -0.15) is 0 Å². The lowest BCUT2D eigenvalue weighted by atomic mass is 10.2. The number of carbonyl (C=O) groups is 1. The van der Waals surface area contributed by atoms with Gasteiger partial charge in [0.25, 0.3) is 6.43 Å². The molecule has 2 heterocycles. The van der Waals surface area contributed by atoms with Gasteiger partial charge in [-0.05, 0) is 24.3 Å². The number of anilines is 2. The minimum absolute atomic E-state index is 0.0705. The Hall–Kier alpha value is -2.41. The Morgan fingerprint density at radius 3 is 2.40 bits per heavy atom. The summed E-state index contributed by atoms with van der Waals surface area (Å²) in [4.78, 5) is 20.3. The lowest BCUT2D eigenvalue weighted by Gasteiger charge is -2.35. The number of nitrogens with one attached hydrogen (secondary N) is 1. The van der Waals surface area contributed by atoms with Gasteiger partial charge < -0.3 is 15.1 Å². The van der Waals surface area contributed by atoms with Crippen LogP contribution in [0.15, 0.2) is 42.6 Å². The highest BCUT2D eigenvalue weighted by molar-refractivity contribution is 6.32. The van der Waals surface area contributed by atoms with Gasteiger partial charge in [0.2, 0.25) is 0 Å². The number of hydrogen-bond acceptors (Lipinski definition) is 3. The summed E-state index contributed by atoms with van der Waals surface area (Å²) in [5, 5.41) is 3.31. The zero-order valence-corrected chi connectivity index (χ0v) is 14.1. The molecule has 0 bridgehead atoms. The minimum atomic E-state index is -2.52. The average Bonchev–Trinajstić information content (AvgIpc) is 2.63. The molecule has 2 aromatic rings. The fraction of sp³-hybridized carbons (Fsp3) is 0.294. The number of pyridine rings is 1. The van der Waals surface area contributed by atoms with Crippen LogP contribution in [0, 0.1) is 0 Å². The summed E-state index contributed by atoms with van der Waals surface area (Å²) in [7, 11) is 0. The number of amides is 2. The number of nitrogens with zero attached hydrogens (tertiary/aromatic N) is 3. The number of aromatic nitrogens is 1. The SMILES string of the molecule is O=C(Nc1ccc(C(F)F)cc1)N1CCN(c2ncccc2Cl)CC1. The van der Waals surface area contributed by atoms with Crippen molar-refractivity contribution in [1.29, 1.82) is 0 Å². The molecule has 1 aliphatic heterocycles. The number of hydrogen-bond donors (Lipinski definition) is 1. The fourth-order valence-electron chi connectivity index (χ4n) is 2.65. The predicted molar refractivity (Wildman–Crippen MR) is 93.5 cm³/mol. The Kier molecular flexibility index (Phi) is 5.33. The maximum atomic E-state index is 12.5. The molecule has 1 aliphatic rings. The monoisotopic (exact) mass is 366 g/mol. The van der Waals surface area contributed by atoms with Crippen molar-refractivity contribution in [3.8, 4) is 0 Å². The highest BCUT2D eigenvalue weighted by Gasteiger charge is 2.23. The van der Waals surface area contributed by atoms with Crippen molar-refractivity contribution in [2.75, 3.05) is 36.4 Å². The molecule has 0 atom stereocenters. The molecule has 0 saturated carbocycles. The van der Waals surface area contributed by atoms with E-state index in [0.717, 1.165) is 0 Å². The van der Waals surface area contributed by atoms with Gasteiger partial charge in [0.05, 0.1) is 5.02 Å². The topological polar surface area (TPSA) is 48.5 Å². The van der Waals surface area contributed by atoms with E-state index in [0.29, 0.717) is 42.7 Å². The summed E-state index contributed by atoms with van der Waals surface area (Å²) in [5.41, 5.74) is 0.420. The highest BCUT2D eigenvalue weighted by Crippen LogP contribution is 2.24. The van der Waals surface area contributed by atoms with Gasteiger partial charge in [-0.25, -0.2) is 18.6 Å². The quantitative estimate of drug-likeness (QED) is 0.892. The molecular formula is C17H17ClF2N4O. The van der Waals surface area contributed by atoms with E-state index in [1.807, 2.05) is 4.90 Å². The van der Waals surface area contributed by atoms with Crippen molar-refractivity contribution in [2.24, 2.45) is 0 Å². The Morgan fingerprint density at radius 2 is 1.80 bits per heavy atom. The van der Waals surface area contributed by atoms with Crippen molar-refractivity contribution in [3.05, 3.63) is 53.2 Å². The molecule has 132 valence electrons. The van der Waals surface area contributed by atoms with E-state index >= 15 is 0 Å². The van der Waals surface area contributed by atoms with Crippen LogP contribution in [0.5, 0.6) is 0 Å². The Balaban J connectivity index is 1.55. The maximum Gasteiger partial charge on any atom is 0.321 e. The molecule has 1 aromatic heterocycles. The Bertz CT molecular complexity index is 734. The van der Waals surface area contributed by atoms with Crippen molar-refractivity contribution in [2.45, 2.75) is 6.43 Å². The molecule has 1 N–H and O–H groups in total. The van der Waals surface area contributed by atoms with E-state index in [9.17, 15) is 13.6 Å². The van der Waals surface area contributed by atoms with Gasteiger partial charge in [-0.3, -0.25) is 0 Å². The number of halogens is 3. The molecule has 1 aromatic carbocycles. The van der Waals surface area contributed by atoms with Crippen LogP contribution in [0.4, 0.5) is 25.1 Å². The predicted octanol–water partition coefficient (Wildman–Crippen LogP) is 4.03. The molecule has 0 unspecified atom stereocenters. The van der Waals surface area contributed by atoms with Crippen LogP contribution in [-0.2, 0) is 0 Å². The second-order valence-electron chi connectivity index (χ2n) is 5.64. The molecule has 0 aliphatic carbocycles. The van der Waals surface area contributed by atoms with Crippen molar-refractivity contribution >= 4 is 29.1 Å².